The van der Waals surface area contributed by atoms with E-state index in [0.29, 0.717) is 17.7 Å². The number of nitro benzene ring substituents is 1. The van der Waals surface area contributed by atoms with Crippen LogP contribution in [0.5, 0.6) is 0 Å². The van der Waals surface area contributed by atoms with Crippen LogP contribution >= 0.6 is 11.3 Å². The summed E-state index contributed by atoms with van der Waals surface area (Å²) < 4.78 is 0.820. The SMILES string of the molecule is O=[N+]([O-])c1c(N(CCO)C2CCCC2)ccc2scnc12. The van der Waals surface area contributed by atoms with Crippen molar-refractivity contribution in [3.8, 4) is 0 Å². The van der Waals surface area contributed by atoms with Crippen LogP contribution in [0.3, 0.4) is 0 Å². The van der Waals surface area contributed by atoms with Crippen LogP contribution in [0.15, 0.2) is 17.6 Å². The normalized spacial score (nSPS) is 15.7. The molecule has 0 radical (unpaired) electrons. The molecule has 0 saturated heterocycles. The fraction of sp³-hybridized carbons (Fsp3) is 0.500. The lowest BCUT2D eigenvalue weighted by molar-refractivity contribution is -0.382. The van der Waals surface area contributed by atoms with Crippen LogP contribution in [0.2, 0.25) is 0 Å². The van der Waals surface area contributed by atoms with Crippen molar-refractivity contribution in [3.63, 3.8) is 0 Å². The summed E-state index contributed by atoms with van der Waals surface area (Å²) in [7, 11) is 0. The van der Waals surface area contributed by atoms with E-state index in [1.807, 2.05) is 11.0 Å². The molecule has 1 aromatic carbocycles. The number of hydrogen-bond acceptors (Lipinski definition) is 6. The predicted molar refractivity (Wildman–Crippen MR) is 83.0 cm³/mol. The first-order valence-electron chi connectivity index (χ1n) is 7.10. The van der Waals surface area contributed by atoms with Gasteiger partial charge in [-0.05, 0) is 25.0 Å². The molecular weight excluding hydrogens is 290 g/mol. The zero-order valence-corrected chi connectivity index (χ0v) is 12.4. The molecule has 0 amide bonds. The molecule has 1 heterocycles. The molecule has 1 aromatic heterocycles. The Morgan fingerprint density at radius 2 is 2.19 bits per heavy atom. The summed E-state index contributed by atoms with van der Waals surface area (Å²) in [6.45, 7) is 0.407. The Labute approximate surface area is 126 Å². The van der Waals surface area contributed by atoms with Crippen molar-refractivity contribution in [2.75, 3.05) is 18.1 Å². The third-order valence-corrected chi connectivity index (χ3v) is 4.85. The predicted octanol–water partition coefficient (Wildman–Crippen LogP) is 2.95. The maximum atomic E-state index is 11.5. The minimum Gasteiger partial charge on any atom is -0.395 e. The van der Waals surface area contributed by atoms with E-state index >= 15 is 0 Å². The van der Waals surface area contributed by atoms with Gasteiger partial charge < -0.3 is 10.0 Å². The molecular formula is C14H17N3O3S. The molecule has 0 unspecified atom stereocenters. The fourth-order valence-electron chi connectivity index (χ4n) is 3.14. The number of nitrogens with zero attached hydrogens (tertiary/aromatic N) is 3. The topological polar surface area (TPSA) is 79.5 Å². The van der Waals surface area contributed by atoms with E-state index < -0.39 is 0 Å². The molecule has 1 N–H and O–H groups in total. The van der Waals surface area contributed by atoms with E-state index in [4.69, 9.17) is 0 Å². The van der Waals surface area contributed by atoms with Crippen molar-refractivity contribution in [2.45, 2.75) is 31.7 Å². The summed E-state index contributed by atoms with van der Waals surface area (Å²) in [4.78, 5) is 17.3. The second-order valence-electron chi connectivity index (χ2n) is 5.24. The van der Waals surface area contributed by atoms with Crippen LogP contribution in [0.4, 0.5) is 11.4 Å². The van der Waals surface area contributed by atoms with Crippen molar-refractivity contribution in [3.05, 3.63) is 27.8 Å². The van der Waals surface area contributed by atoms with E-state index in [1.54, 1.807) is 11.6 Å². The number of fused-ring (bicyclic) bond motifs is 1. The number of thiazole rings is 1. The molecule has 2 aromatic rings. The number of aliphatic hydroxyl groups is 1. The highest BCUT2D eigenvalue weighted by molar-refractivity contribution is 7.16. The molecule has 0 aliphatic heterocycles. The standard InChI is InChI=1S/C14H17N3O3S/c18-8-7-16(10-3-1-2-4-10)11-5-6-12-13(15-9-21-12)14(11)17(19)20/h5-6,9-10,18H,1-4,7-8H2. The summed E-state index contributed by atoms with van der Waals surface area (Å²) in [5.41, 5.74) is 2.73. The molecule has 1 aliphatic rings. The Hall–Kier alpha value is -1.73. The molecule has 112 valence electrons. The zero-order chi connectivity index (χ0) is 14.8. The second-order valence-corrected chi connectivity index (χ2v) is 6.13. The summed E-state index contributed by atoms with van der Waals surface area (Å²) in [5.74, 6) is 0. The minimum atomic E-state index is -0.350. The van der Waals surface area contributed by atoms with Gasteiger partial charge in [-0.2, -0.15) is 0 Å². The van der Waals surface area contributed by atoms with Crippen LogP contribution in [0.1, 0.15) is 25.7 Å². The molecule has 3 rings (SSSR count). The van der Waals surface area contributed by atoms with Gasteiger partial charge in [0, 0.05) is 12.6 Å². The number of benzene rings is 1. The highest BCUT2D eigenvalue weighted by Gasteiger charge is 2.30. The molecule has 0 spiro atoms. The molecule has 1 fully saturated rings. The lowest BCUT2D eigenvalue weighted by Crippen LogP contribution is -2.36. The van der Waals surface area contributed by atoms with E-state index in [2.05, 4.69) is 4.98 Å². The first-order chi connectivity index (χ1) is 10.2. The minimum absolute atomic E-state index is 0.0112. The Balaban J connectivity index is 2.11. The van der Waals surface area contributed by atoms with Crippen LogP contribution in [-0.2, 0) is 0 Å². The summed E-state index contributed by atoms with van der Waals surface area (Å²) in [6, 6.07) is 3.95. The number of rotatable bonds is 5. The third-order valence-electron chi connectivity index (χ3n) is 4.05. The molecule has 7 heteroatoms. The van der Waals surface area contributed by atoms with Crippen LogP contribution in [0.25, 0.3) is 10.2 Å². The summed E-state index contributed by atoms with van der Waals surface area (Å²) in [6.07, 6.45) is 4.32. The van der Waals surface area contributed by atoms with E-state index in [-0.39, 0.29) is 23.3 Å². The van der Waals surface area contributed by atoms with Crippen molar-refractivity contribution >= 4 is 32.9 Å². The van der Waals surface area contributed by atoms with Gasteiger partial charge >= 0.3 is 5.69 Å². The van der Waals surface area contributed by atoms with Crippen LogP contribution in [-0.4, -0.2) is 34.2 Å². The van der Waals surface area contributed by atoms with Gasteiger partial charge in [-0.25, -0.2) is 4.98 Å². The number of aromatic nitrogens is 1. The first-order valence-corrected chi connectivity index (χ1v) is 7.98. The maximum Gasteiger partial charge on any atom is 0.319 e. The van der Waals surface area contributed by atoms with Gasteiger partial charge in [-0.15, -0.1) is 11.3 Å². The lowest BCUT2D eigenvalue weighted by Gasteiger charge is -2.30. The van der Waals surface area contributed by atoms with Gasteiger partial charge in [-0.1, -0.05) is 12.8 Å². The number of hydrogen-bond donors (Lipinski definition) is 1. The van der Waals surface area contributed by atoms with Gasteiger partial charge in [-0.3, -0.25) is 10.1 Å². The fourth-order valence-corrected chi connectivity index (χ4v) is 3.82. The average Bonchev–Trinajstić information content (AvgIpc) is 3.14. The van der Waals surface area contributed by atoms with Gasteiger partial charge in [0.1, 0.15) is 5.69 Å². The zero-order valence-electron chi connectivity index (χ0n) is 11.6. The van der Waals surface area contributed by atoms with Gasteiger partial charge in [0.25, 0.3) is 0 Å². The Morgan fingerprint density at radius 3 is 2.86 bits per heavy atom. The lowest BCUT2D eigenvalue weighted by atomic mass is 10.1. The molecule has 1 saturated carbocycles. The summed E-state index contributed by atoms with van der Waals surface area (Å²) in [5, 5.41) is 20.9. The average molecular weight is 307 g/mol. The van der Waals surface area contributed by atoms with Crippen LogP contribution in [0, 0.1) is 10.1 Å². The van der Waals surface area contributed by atoms with Crippen molar-refractivity contribution in [1.82, 2.24) is 4.98 Å². The van der Waals surface area contributed by atoms with E-state index in [9.17, 15) is 15.2 Å². The van der Waals surface area contributed by atoms with E-state index in [0.717, 1.165) is 30.4 Å². The van der Waals surface area contributed by atoms with Crippen molar-refractivity contribution < 1.29 is 10.0 Å². The maximum absolute atomic E-state index is 11.5. The number of anilines is 1. The van der Waals surface area contributed by atoms with E-state index in [1.165, 1.54) is 11.3 Å². The summed E-state index contributed by atoms with van der Waals surface area (Å²) >= 11 is 1.40. The van der Waals surface area contributed by atoms with Gasteiger partial charge in [0.15, 0.2) is 5.52 Å². The second kappa shape index (κ2) is 5.95. The number of aliphatic hydroxyl groups excluding tert-OH is 1. The first kappa shape index (κ1) is 14.2. The molecule has 21 heavy (non-hydrogen) atoms. The van der Waals surface area contributed by atoms with Gasteiger partial charge in [0.05, 0.1) is 21.7 Å². The quantitative estimate of drug-likeness (QED) is 0.678. The molecule has 0 bridgehead atoms. The molecule has 6 nitrogen and oxygen atoms in total. The van der Waals surface area contributed by atoms with Crippen molar-refractivity contribution in [2.24, 2.45) is 0 Å². The highest BCUT2D eigenvalue weighted by atomic mass is 32.1. The number of nitro groups is 1. The van der Waals surface area contributed by atoms with Gasteiger partial charge in [0.2, 0.25) is 0 Å². The molecule has 0 atom stereocenters. The monoisotopic (exact) mass is 307 g/mol. The van der Waals surface area contributed by atoms with Crippen molar-refractivity contribution in [1.29, 1.82) is 0 Å². The Bertz CT molecular complexity index is 652. The Morgan fingerprint density at radius 1 is 1.43 bits per heavy atom. The third kappa shape index (κ3) is 2.58. The smallest absolute Gasteiger partial charge is 0.319 e. The van der Waals surface area contributed by atoms with Crippen LogP contribution < -0.4 is 4.90 Å². The highest BCUT2D eigenvalue weighted by Crippen LogP contribution is 2.39. The largest absolute Gasteiger partial charge is 0.395 e. The Kier molecular flexibility index (Phi) is 4.03. The molecule has 1 aliphatic carbocycles.